The Labute approximate surface area is 126 Å². The second-order valence-corrected chi connectivity index (χ2v) is 4.61. The Hall–Kier alpha value is -2.96. The minimum Gasteiger partial charge on any atom is -0.334 e. The molecule has 0 saturated carbocycles. The third-order valence-corrected chi connectivity index (χ3v) is 3.15. The standard InChI is InChI=1S/C15H14FN3O3/c1-10-13(7-4-8-14(10)19(21)22)18-15(20)17-9-11-5-2-3-6-12(11)16/h2-8H,9H2,1H3,(H2,17,18,20). The van der Waals surface area contributed by atoms with E-state index in [4.69, 9.17) is 0 Å². The van der Waals surface area contributed by atoms with E-state index in [2.05, 4.69) is 10.6 Å². The SMILES string of the molecule is Cc1c(NC(=O)NCc2ccccc2F)cccc1[N+](=O)[O-]. The van der Waals surface area contributed by atoms with Crippen LogP contribution in [-0.2, 0) is 6.54 Å². The number of urea groups is 1. The minimum absolute atomic E-state index is 0.0203. The van der Waals surface area contributed by atoms with Crippen LogP contribution in [0.1, 0.15) is 11.1 Å². The van der Waals surface area contributed by atoms with Gasteiger partial charge < -0.3 is 10.6 Å². The number of amides is 2. The van der Waals surface area contributed by atoms with Gasteiger partial charge in [0.1, 0.15) is 5.82 Å². The molecule has 2 N–H and O–H groups in total. The van der Waals surface area contributed by atoms with Gasteiger partial charge in [0.05, 0.1) is 16.2 Å². The fourth-order valence-corrected chi connectivity index (χ4v) is 1.94. The first kappa shape index (κ1) is 15.4. The Morgan fingerprint density at radius 2 is 1.95 bits per heavy atom. The van der Waals surface area contributed by atoms with Crippen LogP contribution < -0.4 is 10.6 Å². The molecule has 6 nitrogen and oxygen atoms in total. The fourth-order valence-electron chi connectivity index (χ4n) is 1.94. The van der Waals surface area contributed by atoms with Gasteiger partial charge >= 0.3 is 6.03 Å². The van der Waals surface area contributed by atoms with Crippen molar-refractivity contribution in [3.05, 3.63) is 69.5 Å². The Kier molecular flexibility index (Phi) is 4.67. The maximum absolute atomic E-state index is 13.4. The van der Waals surface area contributed by atoms with Crippen LogP contribution in [0.2, 0.25) is 0 Å². The maximum Gasteiger partial charge on any atom is 0.319 e. The molecule has 2 amide bonds. The van der Waals surface area contributed by atoms with Gasteiger partial charge in [0.2, 0.25) is 0 Å². The molecule has 0 spiro atoms. The van der Waals surface area contributed by atoms with Gasteiger partial charge in [0, 0.05) is 18.2 Å². The molecule has 0 fully saturated rings. The molecule has 7 heteroatoms. The monoisotopic (exact) mass is 303 g/mol. The second kappa shape index (κ2) is 6.66. The van der Waals surface area contributed by atoms with E-state index in [9.17, 15) is 19.3 Å². The van der Waals surface area contributed by atoms with Gasteiger partial charge in [-0.2, -0.15) is 0 Å². The molecule has 0 aliphatic rings. The molecule has 0 unspecified atom stereocenters. The van der Waals surface area contributed by atoms with E-state index in [1.54, 1.807) is 31.2 Å². The zero-order chi connectivity index (χ0) is 16.1. The van der Waals surface area contributed by atoms with E-state index in [1.807, 2.05) is 0 Å². The summed E-state index contributed by atoms with van der Waals surface area (Å²) in [6.07, 6.45) is 0. The fraction of sp³-hybridized carbons (Fsp3) is 0.133. The number of benzene rings is 2. The predicted molar refractivity (Wildman–Crippen MR) is 80.1 cm³/mol. The molecule has 0 aromatic heterocycles. The van der Waals surface area contributed by atoms with Crippen molar-refractivity contribution in [2.24, 2.45) is 0 Å². The molecule has 0 saturated heterocycles. The summed E-state index contributed by atoms with van der Waals surface area (Å²) >= 11 is 0. The smallest absolute Gasteiger partial charge is 0.319 e. The number of hydrogen-bond acceptors (Lipinski definition) is 3. The molecule has 114 valence electrons. The molecular formula is C15H14FN3O3. The van der Waals surface area contributed by atoms with Crippen LogP contribution in [0.5, 0.6) is 0 Å². The van der Waals surface area contributed by atoms with E-state index in [1.165, 1.54) is 18.2 Å². The number of anilines is 1. The Balaban J connectivity index is 2.02. The minimum atomic E-state index is -0.563. The van der Waals surface area contributed by atoms with Crippen molar-refractivity contribution in [1.29, 1.82) is 0 Å². The molecule has 0 radical (unpaired) electrons. The first-order chi connectivity index (χ1) is 10.5. The number of carbonyl (C=O) groups excluding carboxylic acids is 1. The van der Waals surface area contributed by atoms with Crippen molar-refractivity contribution < 1.29 is 14.1 Å². The molecule has 0 atom stereocenters. The van der Waals surface area contributed by atoms with Gasteiger partial charge in [0.25, 0.3) is 5.69 Å². The highest BCUT2D eigenvalue weighted by Gasteiger charge is 2.14. The van der Waals surface area contributed by atoms with Crippen LogP contribution in [0, 0.1) is 22.9 Å². The topological polar surface area (TPSA) is 84.3 Å². The van der Waals surface area contributed by atoms with E-state index in [0.717, 1.165) is 0 Å². The van der Waals surface area contributed by atoms with Crippen molar-refractivity contribution in [2.75, 3.05) is 5.32 Å². The number of nitrogens with zero attached hydrogens (tertiary/aromatic N) is 1. The number of nitro groups is 1. The number of rotatable bonds is 4. The molecule has 2 aromatic carbocycles. The summed E-state index contributed by atoms with van der Waals surface area (Å²) in [7, 11) is 0. The summed E-state index contributed by atoms with van der Waals surface area (Å²) in [5.41, 5.74) is 0.967. The van der Waals surface area contributed by atoms with E-state index in [0.29, 0.717) is 16.8 Å². The van der Waals surface area contributed by atoms with Crippen molar-refractivity contribution >= 4 is 17.4 Å². The van der Waals surface area contributed by atoms with Gasteiger partial charge in [-0.1, -0.05) is 24.3 Å². The zero-order valence-electron chi connectivity index (χ0n) is 11.8. The Morgan fingerprint density at radius 1 is 1.23 bits per heavy atom. The van der Waals surface area contributed by atoms with Crippen molar-refractivity contribution in [3.8, 4) is 0 Å². The molecule has 0 aliphatic carbocycles. The summed E-state index contributed by atoms with van der Waals surface area (Å²) < 4.78 is 13.4. The van der Waals surface area contributed by atoms with Gasteiger partial charge in [0.15, 0.2) is 0 Å². The van der Waals surface area contributed by atoms with Crippen LogP contribution in [0.15, 0.2) is 42.5 Å². The quantitative estimate of drug-likeness (QED) is 0.671. The summed E-state index contributed by atoms with van der Waals surface area (Å²) in [4.78, 5) is 22.1. The van der Waals surface area contributed by atoms with Crippen molar-refractivity contribution in [2.45, 2.75) is 13.5 Å². The highest BCUT2D eigenvalue weighted by Crippen LogP contribution is 2.24. The van der Waals surface area contributed by atoms with E-state index < -0.39 is 16.8 Å². The normalized spacial score (nSPS) is 10.1. The lowest BCUT2D eigenvalue weighted by atomic mass is 10.1. The number of nitrogens with one attached hydrogen (secondary N) is 2. The third kappa shape index (κ3) is 3.57. The number of hydrogen-bond donors (Lipinski definition) is 2. The van der Waals surface area contributed by atoms with Crippen LogP contribution in [-0.4, -0.2) is 11.0 Å². The lowest BCUT2D eigenvalue weighted by molar-refractivity contribution is -0.385. The molecule has 2 rings (SSSR count). The van der Waals surface area contributed by atoms with Gasteiger partial charge in [-0.3, -0.25) is 10.1 Å². The summed E-state index contributed by atoms with van der Waals surface area (Å²) in [5, 5.41) is 15.9. The van der Waals surface area contributed by atoms with Crippen LogP contribution >= 0.6 is 0 Å². The maximum atomic E-state index is 13.4. The summed E-state index contributed by atoms with van der Waals surface area (Å²) in [6, 6.07) is 9.94. The van der Waals surface area contributed by atoms with Gasteiger partial charge in [-0.05, 0) is 19.1 Å². The number of halogens is 1. The average Bonchev–Trinajstić information content (AvgIpc) is 2.48. The number of carbonyl (C=O) groups is 1. The summed E-state index contributed by atoms with van der Waals surface area (Å²) in [5.74, 6) is -0.408. The van der Waals surface area contributed by atoms with Crippen molar-refractivity contribution in [3.63, 3.8) is 0 Å². The van der Waals surface area contributed by atoms with E-state index in [-0.39, 0.29) is 12.2 Å². The Bertz CT molecular complexity index is 719. The van der Waals surface area contributed by atoms with Gasteiger partial charge in [-0.15, -0.1) is 0 Å². The second-order valence-electron chi connectivity index (χ2n) is 4.61. The van der Waals surface area contributed by atoms with E-state index >= 15 is 0 Å². The zero-order valence-corrected chi connectivity index (χ0v) is 11.8. The van der Waals surface area contributed by atoms with Crippen LogP contribution in [0.25, 0.3) is 0 Å². The molecule has 2 aromatic rings. The molecular weight excluding hydrogens is 289 g/mol. The largest absolute Gasteiger partial charge is 0.334 e. The Morgan fingerprint density at radius 3 is 2.64 bits per heavy atom. The third-order valence-electron chi connectivity index (χ3n) is 3.15. The predicted octanol–water partition coefficient (Wildman–Crippen LogP) is 3.36. The van der Waals surface area contributed by atoms with Gasteiger partial charge in [-0.25, -0.2) is 9.18 Å². The average molecular weight is 303 g/mol. The first-order valence-electron chi connectivity index (χ1n) is 6.51. The molecule has 0 heterocycles. The summed E-state index contributed by atoms with van der Waals surface area (Å²) in [6.45, 7) is 1.57. The van der Waals surface area contributed by atoms with Crippen LogP contribution in [0.3, 0.4) is 0 Å². The lowest BCUT2D eigenvalue weighted by Gasteiger charge is -2.10. The molecule has 0 aliphatic heterocycles. The van der Waals surface area contributed by atoms with Crippen LogP contribution in [0.4, 0.5) is 20.6 Å². The highest BCUT2D eigenvalue weighted by molar-refractivity contribution is 5.90. The first-order valence-corrected chi connectivity index (χ1v) is 6.51. The highest BCUT2D eigenvalue weighted by atomic mass is 19.1. The molecule has 22 heavy (non-hydrogen) atoms. The number of nitro benzene ring substituents is 1. The van der Waals surface area contributed by atoms with Crippen molar-refractivity contribution in [1.82, 2.24) is 5.32 Å². The lowest BCUT2D eigenvalue weighted by Crippen LogP contribution is -2.28. The molecule has 0 bridgehead atoms.